The Hall–Kier alpha value is -0.970. The highest BCUT2D eigenvalue weighted by atomic mass is 35.5. The largest absolute Gasteiger partial charge is 0.505 e. The molecule has 0 atom stereocenters. The summed E-state index contributed by atoms with van der Waals surface area (Å²) in [6.45, 7) is 3.79. The van der Waals surface area contributed by atoms with Gasteiger partial charge in [0.1, 0.15) is 0 Å². The lowest BCUT2D eigenvalue weighted by atomic mass is 9.74. The van der Waals surface area contributed by atoms with E-state index in [2.05, 4.69) is 17.6 Å². The molecule has 1 aromatic rings. The minimum absolute atomic E-state index is 0.00340. The van der Waals surface area contributed by atoms with Gasteiger partial charge in [-0.05, 0) is 44.5 Å². The number of amides is 1. The fourth-order valence-corrected chi connectivity index (χ4v) is 3.36. The van der Waals surface area contributed by atoms with Crippen LogP contribution >= 0.6 is 23.2 Å². The average molecular weight is 331 g/mol. The summed E-state index contributed by atoms with van der Waals surface area (Å²) < 4.78 is 0. The molecule has 0 aliphatic carbocycles. The van der Waals surface area contributed by atoms with E-state index in [9.17, 15) is 9.90 Å². The van der Waals surface area contributed by atoms with Gasteiger partial charge in [0.05, 0.1) is 15.5 Å². The number of benzene rings is 1. The smallest absolute Gasteiger partial charge is 0.230 e. The van der Waals surface area contributed by atoms with E-state index in [1.165, 1.54) is 12.1 Å². The van der Waals surface area contributed by atoms with Crippen LogP contribution in [-0.2, 0) is 4.79 Å². The van der Waals surface area contributed by atoms with Gasteiger partial charge in [0.15, 0.2) is 5.75 Å². The van der Waals surface area contributed by atoms with Gasteiger partial charge >= 0.3 is 0 Å². The van der Waals surface area contributed by atoms with Crippen molar-refractivity contribution in [3.05, 3.63) is 22.2 Å². The summed E-state index contributed by atoms with van der Waals surface area (Å²) >= 11 is 11.8. The SMILES string of the molecule is CCCC1(C(=O)Nc2cc(Cl)c(O)c(Cl)c2)CCNCC1. The number of carbonyl (C=O) groups excluding carboxylic acids is 1. The lowest BCUT2D eigenvalue weighted by Crippen LogP contribution is -2.44. The van der Waals surface area contributed by atoms with Crippen LogP contribution in [0.2, 0.25) is 10.0 Å². The van der Waals surface area contributed by atoms with Crippen LogP contribution in [0.15, 0.2) is 12.1 Å². The van der Waals surface area contributed by atoms with E-state index in [-0.39, 0.29) is 27.1 Å². The van der Waals surface area contributed by atoms with Gasteiger partial charge in [0, 0.05) is 5.69 Å². The number of halogens is 2. The molecule has 0 unspecified atom stereocenters. The molecule has 2 rings (SSSR count). The van der Waals surface area contributed by atoms with Crippen LogP contribution in [0.25, 0.3) is 0 Å². The molecule has 1 aliphatic rings. The molecule has 1 fully saturated rings. The lowest BCUT2D eigenvalue weighted by Gasteiger charge is -2.36. The van der Waals surface area contributed by atoms with Gasteiger partial charge in [0.2, 0.25) is 5.91 Å². The molecule has 0 spiro atoms. The predicted molar refractivity (Wildman–Crippen MR) is 86.2 cm³/mol. The lowest BCUT2D eigenvalue weighted by molar-refractivity contribution is -0.127. The summed E-state index contributed by atoms with van der Waals surface area (Å²) in [7, 11) is 0. The molecule has 0 saturated carbocycles. The average Bonchev–Trinajstić information content (AvgIpc) is 2.46. The summed E-state index contributed by atoms with van der Waals surface area (Å²) in [4.78, 5) is 12.7. The van der Waals surface area contributed by atoms with Crippen LogP contribution in [0.1, 0.15) is 32.6 Å². The number of phenols is 1. The first-order valence-electron chi connectivity index (χ1n) is 7.19. The first kappa shape index (κ1) is 16.4. The van der Waals surface area contributed by atoms with Crippen molar-refractivity contribution in [3.63, 3.8) is 0 Å². The number of anilines is 1. The fourth-order valence-electron chi connectivity index (χ4n) is 2.88. The minimum Gasteiger partial charge on any atom is -0.505 e. The molecule has 21 heavy (non-hydrogen) atoms. The minimum atomic E-state index is -0.336. The third kappa shape index (κ3) is 3.62. The zero-order chi connectivity index (χ0) is 15.5. The zero-order valence-corrected chi connectivity index (χ0v) is 13.5. The molecule has 1 aliphatic heterocycles. The quantitative estimate of drug-likeness (QED) is 0.735. The Morgan fingerprint density at radius 3 is 2.43 bits per heavy atom. The van der Waals surface area contributed by atoms with Gasteiger partial charge in [-0.25, -0.2) is 0 Å². The van der Waals surface area contributed by atoms with E-state index >= 15 is 0 Å². The zero-order valence-electron chi connectivity index (χ0n) is 12.0. The van der Waals surface area contributed by atoms with Crippen molar-refractivity contribution in [2.24, 2.45) is 5.41 Å². The number of hydrogen-bond acceptors (Lipinski definition) is 3. The second-order valence-corrected chi connectivity index (χ2v) is 6.34. The van der Waals surface area contributed by atoms with Crippen molar-refractivity contribution in [1.82, 2.24) is 5.32 Å². The Labute approximate surface area is 134 Å². The number of phenolic OH excluding ortho intramolecular Hbond substituents is 1. The summed E-state index contributed by atoms with van der Waals surface area (Å²) in [5.41, 5.74) is 0.179. The second-order valence-electron chi connectivity index (χ2n) is 5.52. The van der Waals surface area contributed by atoms with Gasteiger partial charge in [-0.3, -0.25) is 4.79 Å². The Bertz CT molecular complexity index is 500. The first-order chi connectivity index (χ1) is 9.98. The number of hydrogen-bond donors (Lipinski definition) is 3. The van der Waals surface area contributed by atoms with Crippen LogP contribution < -0.4 is 10.6 Å². The highest BCUT2D eigenvalue weighted by molar-refractivity contribution is 6.37. The maximum atomic E-state index is 12.7. The topological polar surface area (TPSA) is 61.4 Å². The number of piperidine rings is 1. The molecular weight excluding hydrogens is 311 g/mol. The Kier molecular flexibility index (Phi) is 5.36. The third-order valence-electron chi connectivity index (χ3n) is 4.05. The van der Waals surface area contributed by atoms with E-state index in [1.54, 1.807) is 0 Å². The van der Waals surface area contributed by atoms with Gasteiger partial charge in [-0.2, -0.15) is 0 Å². The molecule has 3 N–H and O–H groups in total. The monoisotopic (exact) mass is 330 g/mol. The van der Waals surface area contributed by atoms with Crippen molar-refractivity contribution in [2.45, 2.75) is 32.6 Å². The molecule has 1 aromatic carbocycles. The summed E-state index contributed by atoms with van der Waals surface area (Å²) in [6.07, 6.45) is 3.48. The molecule has 0 aromatic heterocycles. The Balaban J connectivity index is 2.19. The van der Waals surface area contributed by atoms with E-state index in [0.29, 0.717) is 5.69 Å². The van der Waals surface area contributed by atoms with Crippen molar-refractivity contribution >= 4 is 34.8 Å². The first-order valence-corrected chi connectivity index (χ1v) is 7.94. The van der Waals surface area contributed by atoms with Crippen LogP contribution in [-0.4, -0.2) is 24.1 Å². The number of aromatic hydroxyl groups is 1. The molecule has 1 amide bonds. The van der Waals surface area contributed by atoms with E-state index < -0.39 is 0 Å². The molecule has 1 heterocycles. The highest BCUT2D eigenvalue weighted by Gasteiger charge is 2.38. The summed E-state index contributed by atoms with van der Waals surface area (Å²) in [5, 5.41) is 16.0. The number of nitrogens with one attached hydrogen (secondary N) is 2. The molecule has 116 valence electrons. The van der Waals surface area contributed by atoms with Crippen LogP contribution in [0, 0.1) is 5.41 Å². The van der Waals surface area contributed by atoms with Crippen molar-refractivity contribution in [1.29, 1.82) is 0 Å². The molecule has 4 nitrogen and oxygen atoms in total. The number of carbonyl (C=O) groups is 1. The van der Waals surface area contributed by atoms with Gasteiger partial charge in [0.25, 0.3) is 0 Å². The van der Waals surface area contributed by atoms with Crippen LogP contribution in [0.5, 0.6) is 5.75 Å². The number of rotatable bonds is 4. The van der Waals surface area contributed by atoms with Crippen LogP contribution in [0.4, 0.5) is 5.69 Å². The highest BCUT2D eigenvalue weighted by Crippen LogP contribution is 2.38. The molecule has 0 radical (unpaired) electrons. The molecule has 0 bridgehead atoms. The van der Waals surface area contributed by atoms with Crippen molar-refractivity contribution in [2.75, 3.05) is 18.4 Å². The normalized spacial score (nSPS) is 17.5. The standard InChI is InChI=1S/C15H20Cl2N2O2/c1-2-3-15(4-6-18-7-5-15)14(21)19-10-8-11(16)13(20)12(17)9-10/h8-9,18,20H,2-7H2,1H3,(H,19,21). The Morgan fingerprint density at radius 2 is 1.90 bits per heavy atom. The van der Waals surface area contributed by atoms with Gasteiger partial charge < -0.3 is 15.7 Å². The summed E-state index contributed by atoms with van der Waals surface area (Å²) in [6, 6.07) is 3.03. The summed E-state index contributed by atoms with van der Waals surface area (Å²) in [5.74, 6) is -0.162. The molecule has 6 heteroatoms. The molecule has 1 saturated heterocycles. The van der Waals surface area contributed by atoms with Crippen molar-refractivity contribution < 1.29 is 9.90 Å². The van der Waals surface area contributed by atoms with Crippen LogP contribution in [0.3, 0.4) is 0 Å². The van der Waals surface area contributed by atoms with Gasteiger partial charge in [-0.1, -0.05) is 36.5 Å². The fraction of sp³-hybridized carbons (Fsp3) is 0.533. The van der Waals surface area contributed by atoms with E-state index in [4.69, 9.17) is 23.2 Å². The van der Waals surface area contributed by atoms with Gasteiger partial charge in [-0.15, -0.1) is 0 Å². The maximum absolute atomic E-state index is 12.7. The second kappa shape index (κ2) is 6.86. The van der Waals surface area contributed by atoms with E-state index in [0.717, 1.165) is 38.8 Å². The predicted octanol–water partition coefficient (Wildman–Crippen LogP) is 3.81. The van der Waals surface area contributed by atoms with E-state index in [1.807, 2.05) is 0 Å². The Morgan fingerprint density at radius 1 is 1.33 bits per heavy atom. The van der Waals surface area contributed by atoms with Crippen molar-refractivity contribution in [3.8, 4) is 5.75 Å². The molecular formula is C15H20Cl2N2O2. The third-order valence-corrected chi connectivity index (χ3v) is 4.62. The maximum Gasteiger partial charge on any atom is 0.230 e.